The summed E-state index contributed by atoms with van der Waals surface area (Å²) in [7, 11) is 0. The van der Waals surface area contributed by atoms with Gasteiger partial charge >= 0.3 is 0 Å². The van der Waals surface area contributed by atoms with Gasteiger partial charge < -0.3 is 15.2 Å². The van der Waals surface area contributed by atoms with Crippen LogP contribution in [0.5, 0.6) is 5.75 Å². The molecule has 0 bridgehead atoms. The Bertz CT molecular complexity index is 762. The van der Waals surface area contributed by atoms with Crippen LogP contribution < -0.4 is 10.1 Å². The van der Waals surface area contributed by atoms with Crippen LogP contribution in [-0.2, 0) is 0 Å². The van der Waals surface area contributed by atoms with Crippen LogP contribution in [0.25, 0.3) is 0 Å². The van der Waals surface area contributed by atoms with Crippen molar-refractivity contribution in [3.8, 4) is 11.8 Å². The number of halogens is 2. The molecule has 2 aromatic rings. The minimum Gasteiger partial charge on any atom is -0.482 e. The van der Waals surface area contributed by atoms with Crippen LogP contribution in [0.15, 0.2) is 42.5 Å². The number of amidine groups is 1. The number of rotatable bonds is 6. The molecule has 0 aliphatic carbocycles. The van der Waals surface area contributed by atoms with E-state index in [2.05, 4.69) is 5.32 Å². The Morgan fingerprint density at radius 1 is 1.38 bits per heavy atom. The second kappa shape index (κ2) is 8.29. The van der Waals surface area contributed by atoms with E-state index in [1.54, 1.807) is 0 Å². The first-order valence-corrected chi connectivity index (χ1v) is 7.46. The van der Waals surface area contributed by atoms with Gasteiger partial charge in [0.2, 0.25) is 0 Å². The van der Waals surface area contributed by atoms with Crippen LogP contribution in [0, 0.1) is 22.6 Å². The molecule has 0 spiro atoms. The zero-order chi connectivity index (χ0) is 17.5. The third kappa shape index (κ3) is 4.44. The maximum absolute atomic E-state index is 13.5. The SMILES string of the molecule is N#Cc1cc(F)c(Cl)cc1OC(CNC(=N)CO)c1ccccc1. The molecule has 0 saturated carbocycles. The van der Waals surface area contributed by atoms with Gasteiger partial charge in [0.1, 0.15) is 36.2 Å². The Morgan fingerprint density at radius 2 is 2.08 bits per heavy atom. The summed E-state index contributed by atoms with van der Waals surface area (Å²) in [5.74, 6) is -0.607. The summed E-state index contributed by atoms with van der Waals surface area (Å²) < 4.78 is 19.3. The second-order valence-electron chi connectivity index (χ2n) is 4.91. The lowest BCUT2D eigenvalue weighted by Gasteiger charge is -2.21. The summed E-state index contributed by atoms with van der Waals surface area (Å²) in [5, 5.41) is 28.1. The topological polar surface area (TPSA) is 89.1 Å². The van der Waals surface area contributed by atoms with Gasteiger partial charge in [-0.3, -0.25) is 5.41 Å². The fraction of sp³-hybridized carbons (Fsp3) is 0.176. The Morgan fingerprint density at radius 3 is 2.71 bits per heavy atom. The van der Waals surface area contributed by atoms with E-state index in [0.717, 1.165) is 11.6 Å². The van der Waals surface area contributed by atoms with Crippen LogP contribution in [0.3, 0.4) is 0 Å². The fourth-order valence-corrected chi connectivity index (χ4v) is 2.19. The van der Waals surface area contributed by atoms with Crippen LogP contribution in [0.4, 0.5) is 4.39 Å². The van der Waals surface area contributed by atoms with E-state index in [0.29, 0.717) is 0 Å². The lowest BCUT2D eigenvalue weighted by Crippen LogP contribution is -2.32. The van der Waals surface area contributed by atoms with Crippen LogP contribution in [0.1, 0.15) is 17.2 Å². The minimum atomic E-state index is -0.697. The van der Waals surface area contributed by atoms with Gasteiger partial charge in [-0.25, -0.2) is 4.39 Å². The molecule has 7 heteroatoms. The molecule has 0 fully saturated rings. The van der Waals surface area contributed by atoms with Gasteiger partial charge in [-0.1, -0.05) is 41.9 Å². The van der Waals surface area contributed by atoms with Crippen molar-refractivity contribution in [2.75, 3.05) is 13.2 Å². The van der Waals surface area contributed by atoms with Crippen LogP contribution >= 0.6 is 11.6 Å². The average molecular weight is 348 g/mol. The first-order valence-electron chi connectivity index (χ1n) is 7.08. The second-order valence-corrected chi connectivity index (χ2v) is 5.32. The normalized spacial score (nSPS) is 11.4. The number of ether oxygens (including phenoxy) is 1. The number of nitriles is 1. The van der Waals surface area contributed by atoms with E-state index in [1.165, 1.54) is 6.07 Å². The molecule has 0 amide bonds. The van der Waals surface area contributed by atoms with E-state index in [4.69, 9.17) is 32.1 Å². The van der Waals surface area contributed by atoms with E-state index in [1.807, 2.05) is 36.4 Å². The molecule has 2 rings (SSSR count). The number of nitrogens with zero attached hydrogens (tertiary/aromatic N) is 1. The van der Waals surface area contributed by atoms with Crippen LogP contribution in [-0.4, -0.2) is 24.1 Å². The molecule has 3 N–H and O–H groups in total. The van der Waals surface area contributed by atoms with Gasteiger partial charge in [0.25, 0.3) is 0 Å². The van der Waals surface area contributed by atoms with Gasteiger partial charge in [-0.15, -0.1) is 0 Å². The van der Waals surface area contributed by atoms with Crippen molar-refractivity contribution in [1.29, 1.82) is 10.7 Å². The molecule has 24 heavy (non-hydrogen) atoms. The smallest absolute Gasteiger partial charge is 0.143 e. The summed E-state index contributed by atoms with van der Waals surface area (Å²) in [6.07, 6.45) is -0.563. The van der Waals surface area contributed by atoms with Crippen molar-refractivity contribution in [2.45, 2.75) is 6.10 Å². The molecule has 124 valence electrons. The van der Waals surface area contributed by atoms with Gasteiger partial charge in [-0.05, 0) is 11.6 Å². The summed E-state index contributed by atoms with van der Waals surface area (Å²) in [5.41, 5.74) is 0.815. The maximum atomic E-state index is 13.5. The highest BCUT2D eigenvalue weighted by Gasteiger charge is 2.17. The quantitative estimate of drug-likeness (QED) is 0.553. The van der Waals surface area contributed by atoms with Crippen molar-refractivity contribution < 1.29 is 14.2 Å². The lowest BCUT2D eigenvalue weighted by atomic mass is 10.1. The molecule has 0 radical (unpaired) electrons. The van der Waals surface area contributed by atoms with Crippen LogP contribution in [0.2, 0.25) is 5.02 Å². The molecule has 0 saturated heterocycles. The molecule has 5 nitrogen and oxygen atoms in total. The highest BCUT2D eigenvalue weighted by atomic mass is 35.5. The first-order chi connectivity index (χ1) is 11.5. The Kier molecular flexibility index (Phi) is 6.13. The molecular weight excluding hydrogens is 333 g/mol. The van der Waals surface area contributed by atoms with Crippen molar-refractivity contribution in [1.82, 2.24) is 5.32 Å². The number of aliphatic hydroxyl groups excluding tert-OH is 1. The van der Waals surface area contributed by atoms with Gasteiger partial charge in [0.15, 0.2) is 0 Å². The van der Waals surface area contributed by atoms with E-state index in [-0.39, 0.29) is 28.7 Å². The molecule has 0 aliphatic rings. The molecule has 1 atom stereocenters. The van der Waals surface area contributed by atoms with Crippen molar-refractivity contribution >= 4 is 17.4 Å². The Labute approximate surface area is 143 Å². The lowest BCUT2D eigenvalue weighted by molar-refractivity contribution is 0.206. The standard InChI is InChI=1S/C17H15ClFN3O2/c18-13-7-15(12(8-20)6-14(13)19)24-16(9-22-17(21)10-23)11-4-2-1-3-5-11/h1-7,16,23H,9-10H2,(H2,21,22). The number of nitrogens with one attached hydrogen (secondary N) is 2. The van der Waals surface area contributed by atoms with Crippen molar-refractivity contribution in [3.63, 3.8) is 0 Å². The number of aliphatic hydroxyl groups is 1. The van der Waals surface area contributed by atoms with Gasteiger partial charge in [0.05, 0.1) is 17.1 Å². The third-order valence-corrected chi connectivity index (χ3v) is 3.53. The Hall–Kier alpha value is -2.62. The van der Waals surface area contributed by atoms with Crippen molar-refractivity contribution in [2.24, 2.45) is 0 Å². The molecule has 1 unspecified atom stereocenters. The zero-order valence-corrected chi connectivity index (χ0v) is 13.3. The fourth-order valence-electron chi connectivity index (χ4n) is 2.03. The van der Waals surface area contributed by atoms with Crippen molar-refractivity contribution in [3.05, 3.63) is 64.4 Å². The third-order valence-electron chi connectivity index (χ3n) is 3.24. The first kappa shape index (κ1) is 17.7. The molecule has 0 aromatic heterocycles. The van der Waals surface area contributed by atoms with E-state index < -0.39 is 18.5 Å². The molecular formula is C17H15ClFN3O2. The van der Waals surface area contributed by atoms with E-state index >= 15 is 0 Å². The number of benzene rings is 2. The minimum absolute atomic E-state index is 0.0232. The van der Waals surface area contributed by atoms with E-state index in [9.17, 15) is 4.39 Å². The van der Waals surface area contributed by atoms with Gasteiger partial charge in [0, 0.05) is 6.07 Å². The predicted molar refractivity (Wildman–Crippen MR) is 88.8 cm³/mol. The summed E-state index contributed by atoms with van der Waals surface area (Å²) in [4.78, 5) is 0. The monoisotopic (exact) mass is 347 g/mol. The highest BCUT2D eigenvalue weighted by Crippen LogP contribution is 2.29. The maximum Gasteiger partial charge on any atom is 0.143 e. The molecule has 2 aromatic carbocycles. The highest BCUT2D eigenvalue weighted by molar-refractivity contribution is 6.30. The average Bonchev–Trinajstić information content (AvgIpc) is 2.61. The Balaban J connectivity index is 2.30. The predicted octanol–water partition coefficient (Wildman–Crippen LogP) is 3.03. The summed E-state index contributed by atoms with van der Waals surface area (Å²) >= 11 is 5.77. The molecule has 0 heterocycles. The summed E-state index contributed by atoms with van der Waals surface area (Å²) in [6, 6.07) is 13.3. The summed E-state index contributed by atoms with van der Waals surface area (Å²) in [6.45, 7) is -0.239. The molecule has 0 aliphatic heterocycles. The largest absolute Gasteiger partial charge is 0.482 e. The van der Waals surface area contributed by atoms with Gasteiger partial charge in [-0.2, -0.15) is 5.26 Å². The number of hydrogen-bond acceptors (Lipinski definition) is 4. The zero-order valence-electron chi connectivity index (χ0n) is 12.6. The number of hydrogen-bond donors (Lipinski definition) is 3.